The van der Waals surface area contributed by atoms with Crippen molar-refractivity contribution < 1.29 is 14.6 Å². The maximum atomic E-state index is 11.4. The predicted octanol–water partition coefficient (Wildman–Crippen LogP) is 2.19. The van der Waals surface area contributed by atoms with Crippen LogP contribution in [0.15, 0.2) is 24.3 Å². The molecule has 0 heterocycles. The molecule has 0 aliphatic heterocycles. The summed E-state index contributed by atoms with van der Waals surface area (Å²) >= 11 is 0. The zero-order valence-corrected chi connectivity index (χ0v) is 10.2. The fraction of sp³-hybridized carbons (Fsp3) is 0.462. The highest BCUT2D eigenvalue weighted by Gasteiger charge is 2.33. The van der Waals surface area contributed by atoms with E-state index >= 15 is 0 Å². The number of methoxy groups -OCH3 is 1. The van der Waals surface area contributed by atoms with Gasteiger partial charge in [-0.25, -0.2) is 4.79 Å². The first-order chi connectivity index (χ1) is 7.39. The van der Waals surface area contributed by atoms with E-state index in [1.807, 2.05) is 12.1 Å². The molecule has 3 nitrogen and oxygen atoms in total. The Hall–Kier alpha value is -1.35. The fourth-order valence-corrected chi connectivity index (χ4v) is 1.51. The summed E-state index contributed by atoms with van der Waals surface area (Å²) in [6.45, 7) is 5.62. The van der Waals surface area contributed by atoms with Crippen LogP contribution in [0.4, 0.5) is 0 Å². The van der Waals surface area contributed by atoms with Crippen LogP contribution in [-0.4, -0.2) is 18.2 Å². The molecule has 1 N–H and O–H groups in total. The van der Waals surface area contributed by atoms with Crippen LogP contribution in [-0.2, 0) is 15.1 Å². The number of carbonyl (C=O) groups excluding carboxylic acids is 1. The van der Waals surface area contributed by atoms with Crippen LogP contribution >= 0.6 is 0 Å². The predicted molar refractivity (Wildman–Crippen MR) is 62.1 cm³/mol. The van der Waals surface area contributed by atoms with E-state index in [4.69, 9.17) is 0 Å². The minimum atomic E-state index is -1.58. The second-order valence-corrected chi connectivity index (χ2v) is 4.34. The van der Waals surface area contributed by atoms with Gasteiger partial charge in [0, 0.05) is 0 Å². The minimum absolute atomic E-state index is 0.428. The molecule has 1 rings (SSSR count). The minimum Gasteiger partial charge on any atom is -0.467 e. The molecule has 0 aromatic heterocycles. The largest absolute Gasteiger partial charge is 0.467 e. The summed E-state index contributed by atoms with van der Waals surface area (Å²) in [4.78, 5) is 11.4. The SMILES string of the molecule is COC(=O)C(C)(O)c1ccc(C(C)C)cc1. The Morgan fingerprint density at radius 2 is 1.81 bits per heavy atom. The van der Waals surface area contributed by atoms with Crippen LogP contribution in [0.1, 0.15) is 37.8 Å². The number of hydrogen-bond acceptors (Lipinski definition) is 3. The van der Waals surface area contributed by atoms with Crippen LogP contribution in [0.25, 0.3) is 0 Å². The summed E-state index contributed by atoms with van der Waals surface area (Å²) in [5, 5.41) is 10.0. The number of carbonyl (C=O) groups is 1. The first kappa shape index (κ1) is 12.7. The Labute approximate surface area is 96.1 Å². The van der Waals surface area contributed by atoms with Crippen molar-refractivity contribution in [2.75, 3.05) is 7.11 Å². The monoisotopic (exact) mass is 222 g/mol. The second-order valence-electron chi connectivity index (χ2n) is 4.34. The molecule has 1 aromatic rings. The van der Waals surface area contributed by atoms with E-state index in [0.717, 1.165) is 0 Å². The summed E-state index contributed by atoms with van der Waals surface area (Å²) in [5.41, 5.74) is 0.137. The molecule has 0 saturated heterocycles. The molecule has 16 heavy (non-hydrogen) atoms. The summed E-state index contributed by atoms with van der Waals surface area (Å²) in [5.74, 6) is -0.220. The van der Waals surface area contributed by atoms with Gasteiger partial charge in [-0.15, -0.1) is 0 Å². The molecule has 3 heteroatoms. The average molecular weight is 222 g/mol. The lowest BCUT2D eigenvalue weighted by Gasteiger charge is -2.21. The molecule has 1 aromatic carbocycles. The van der Waals surface area contributed by atoms with E-state index < -0.39 is 11.6 Å². The lowest BCUT2D eigenvalue weighted by Crippen LogP contribution is -2.33. The van der Waals surface area contributed by atoms with Gasteiger partial charge in [0.1, 0.15) is 0 Å². The average Bonchev–Trinajstić information content (AvgIpc) is 2.28. The van der Waals surface area contributed by atoms with Crippen LogP contribution in [0.3, 0.4) is 0 Å². The van der Waals surface area contributed by atoms with Crippen molar-refractivity contribution in [1.29, 1.82) is 0 Å². The molecule has 1 unspecified atom stereocenters. The van der Waals surface area contributed by atoms with Gasteiger partial charge in [0.05, 0.1) is 7.11 Å². The molecule has 0 amide bonds. The van der Waals surface area contributed by atoms with Gasteiger partial charge in [0.15, 0.2) is 5.60 Å². The molecule has 0 radical (unpaired) electrons. The fourth-order valence-electron chi connectivity index (χ4n) is 1.51. The van der Waals surface area contributed by atoms with Gasteiger partial charge in [0.2, 0.25) is 0 Å². The number of ether oxygens (including phenoxy) is 1. The highest BCUT2D eigenvalue weighted by atomic mass is 16.5. The van der Waals surface area contributed by atoms with E-state index in [1.54, 1.807) is 12.1 Å². The van der Waals surface area contributed by atoms with E-state index in [1.165, 1.54) is 19.6 Å². The van der Waals surface area contributed by atoms with Gasteiger partial charge in [0.25, 0.3) is 0 Å². The number of esters is 1. The zero-order valence-electron chi connectivity index (χ0n) is 10.2. The quantitative estimate of drug-likeness (QED) is 0.797. The van der Waals surface area contributed by atoms with Crippen molar-refractivity contribution in [1.82, 2.24) is 0 Å². The molecule has 88 valence electrons. The Bertz CT molecular complexity index is 363. The third kappa shape index (κ3) is 2.42. The molecule has 0 aliphatic rings. The normalized spacial score (nSPS) is 14.6. The molecular formula is C13H18O3. The summed E-state index contributed by atoms with van der Waals surface area (Å²) < 4.78 is 4.56. The van der Waals surface area contributed by atoms with Gasteiger partial charge in [-0.05, 0) is 24.0 Å². The summed E-state index contributed by atoms with van der Waals surface area (Å²) in [6.07, 6.45) is 0. The van der Waals surface area contributed by atoms with E-state index in [9.17, 15) is 9.90 Å². The molecule has 0 saturated carbocycles. The van der Waals surface area contributed by atoms with Crippen molar-refractivity contribution in [2.45, 2.75) is 32.3 Å². The first-order valence-electron chi connectivity index (χ1n) is 5.30. The molecule has 1 atom stereocenters. The lowest BCUT2D eigenvalue weighted by molar-refractivity contribution is -0.161. The van der Waals surface area contributed by atoms with E-state index in [2.05, 4.69) is 18.6 Å². The van der Waals surface area contributed by atoms with Crippen LogP contribution < -0.4 is 0 Å². The first-order valence-corrected chi connectivity index (χ1v) is 5.30. The smallest absolute Gasteiger partial charge is 0.342 e. The molecule has 0 fully saturated rings. The number of benzene rings is 1. The maximum absolute atomic E-state index is 11.4. The molecular weight excluding hydrogens is 204 g/mol. The maximum Gasteiger partial charge on any atom is 0.342 e. The molecule has 0 bridgehead atoms. The third-order valence-corrected chi connectivity index (χ3v) is 2.72. The van der Waals surface area contributed by atoms with Gasteiger partial charge in [-0.2, -0.15) is 0 Å². The van der Waals surface area contributed by atoms with Gasteiger partial charge >= 0.3 is 5.97 Å². The van der Waals surface area contributed by atoms with Crippen molar-refractivity contribution >= 4 is 5.97 Å². The Morgan fingerprint density at radius 1 is 1.31 bits per heavy atom. The number of aliphatic hydroxyl groups is 1. The van der Waals surface area contributed by atoms with Crippen LogP contribution in [0, 0.1) is 0 Å². The standard InChI is InChI=1S/C13H18O3/c1-9(2)10-5-7-11(8-6-10)13(3,15)12(14)16-4/h5-9,15H,1-4H3. The lowest BCUT2D eigenvalue weighted by atomic mass is 9.93. The van der Waals surface area contributed by atoms with Gasteiger partial charge in [-0.3, -0.25) is 0 Å². The number of rotatable bonds is 3. The molecule has 0 aliphatic carbocycles. The second kappa shape index (κ2) is 4.66. The summed E-state index contributed by atoms with van der Waals surface area (Å²) in [7, 11) is 1.26. The van der Waals surface area contributed by atoms with Gasteiger partial charge < -0.3 is 9.84 Å². The summed E-state index contributed by atoms with van der Waals surface area (Å²) in [6, 6.07) is 7.34. The third-order valence-electron chi connectivity index (χ3n) is 2.72. The van der Waals surface area contributed by atoms with Crippen LogP contribution in [0.2, 0.25) is 0 Å². The Balaban J connectivity index is 3.01. The topological polar surface area (TPSA) is 46.5 Å². The highest BCUT2D eigenvalue weighted by Crippen LogP contribution is 2.24. The van der Waals surface area contributed by atoms with Crippen molar-refractivity contribution in [3.05, 3.63) is 35.4 Å². The van der Waals surface area contributed by atoms with E-state index in [-0.39, 0.29) is 0 Å². The number of hydrogen-bond donors (Lipinski definition) is 1. The Kier molecular flexibility index (Phi) is 3.70. The highest BCUT2D eigenvalue weighted by molar-refractivity contribution is 5.80. The molecule has 0 spiro atoms. The van der Waals surface area contributed by atoms with Crippen molar-refractivity contribution in [3.63, 3.8) is 0 Å². The van der Waals surface area contributed by atoms with Crippen LogP contribution in [0.5, 0.6) is 0 Å². The van der Waals surface area contributed by atoms with E-state index in [0.29, 0.717) is 11.5 Å². The Morgan fingerprint density at radius 3 is 2.19 bits per heavy atom. The zero-order chi connectivity index (χ0) is 12.3. The van der Waals surface area contributed by atoms with Gasteiger partial charge in [-0.1, -0.05) is 38.1 Å². The van der Waals surface area contributed by atoms with Crippen molar-refractivity contribution in [2.24, 2.45) is 0 Å². The van der Waals surface area contributed by atoms with Crippen molar-refractivity contribution in [3.8, 4) is 0 Å².